The third-order valence-electron chi connectivity index (χ3n) is 3.13. The Bertz CT molecular complexity index is 621. The van der Waals surface area contributed by atoms with E-state index >= 15 is 0 Å². The summed E-state index contributed by atoms with van der Waals surface area (Å²) in [6.45, 7) is 0. The molecule has 1 unspecified atom stereocenters. The molecule has 1 N–H and O–H groups in total. The summed E-state index contributed by atoms with van der Waals surface area (Å²) in [7, 11) is 1.87. The van der Waals surface area contributed by atoms with Crippen LogP contribution in [0.15, 0.2) is 40.9 Å². The molecule has 0 saturated carbocycles. The fourth-order valence-electron chi connectivity index (χ4n) is 2.02. The summed E-state index contributed by atoms with van der Waals surface area (Å²) in [4.78, 5) is 0. The van der Waals surface area contributed by atoms with Crippen molar-refractivity contribution in [1.82, 2.24) is 5.32 Å². The molecule has 1 nitrogen and oxygen atoms in total. The molecular weight excluding hydrogens is 455 g/mol. The second kappa shape index (κ2) is 7.20. The topological polar surface area (TPSA) is 12.0 Å². The molecule has 0 fully saturated rings. The van der Waals surface area contributed by atoms with Crippen LogP contribution >= 0.6 is 50.1 Å². The summed E-state index contributed by atoms with van der Waals surface area (Å²) in [6, 6.07) is 11.1. The number of halogens is 4. The van der Waals surface area contributed by atoms with Crippen molar-refractivity contribution in [2.45, 2.75) is 12.5 Å². The van der Waals surface area contributed by atoms with Crippen LogP contribution in [-0.4, -0.2) is 7.05 Å². The minimum Gasteiger partial charge on any atom is -0.313 e. The molecule has 5 heteroatoms. The Morgan fingerprint density at radius 3 is 2.65 bits per heavy atom. The van der Waals surface area contributed by atoms with Crippen LogP contribution in [0.1, 0.15) is 17.2 Å². The van der Waals surface area contributed by atoms with Gasteiger partial charge in [0.1, 0.15) is 5.82 Å². The van der Waals surface area contributed by atoms with Gasteiger partial charge in [-0.2, -0.15) is 0 Å². The van der Waals surface area contributed by atoms with E-state index in [1.807, 2.05) is 31.3 Å². The lowest BCUT2D eigenvalue weighted by atomic mass is 9.99. The lowest BCUT2D eigenvalue weighted by Crippen LogP contribution is -2.19. The quantitative estimate of drug-likeness (QED) is 0.597. The number of benzene rings is 2. The van der Waals surface area contributed by atoms with Gasteiger partial charge in [-0.3, -0.25) is 0 Å². The highest BCUT2D eigenvalue weighted by Crippen LogP contribution is 2.26. The molecule has 0 saturated heterocycles. The standard InChI is InChI=1S/C15H13BrClFIN/c1-20-15(10-3-5-14(19)12(17)6-10)7-9-2-4-11(16)8-13(9)18/h2-6,8,15,20H,7H2,1H3. The van der Waals surface area contributed by atoms with Crippen molar-refractivity contribution in [3.8, 4) is 0 Å². The number of likely N-dealkylation sites (N-methyl/N-ethyl adjacent to an activating group) is 1. The Labute approximate surface area is 145 Å². The van der Waals surface area contributed by atoms with Gasteiger partial charge in [0.05, 0.1) is 5.02 Å². The maximum absolute atomic E-state index is 13.9. The molecule has 0 bridgehead atoms. The molecule has 0 radical (unpaired) electrons. The maximum atomic E-state index is 13.9. The highest BCUT2D eigenvalue weighted by atomic mass is 127. The first-order valence-electron chi connectivity index (χ1n) is 6.07. The molecule has 20 heavy (non-hydrogen) atoms. The van der Waals surface area contributed by atoms with E-state index in [-0.39, 0.29) is 11.9 Å². The van der Waals surface area contributed by atoms with Crippen molar-refractivity contribution in [3.63, 3.8) is 0 Å². The van der Waals surface area contributed by atoms with E-state index in [0.717, 1.165) is 18.6 Å². The van der Waals surface area contributed by atoms with Gasteiger partial charge in [-0.25, -0.2) is 4.39 Å². The van der Waals surface area contributed by atoms with E-state index in [1.54, 1.807) is 6.07 Å². The molecular formula is C15H13BrClFIN. The largest absolute Gasteiger partial charge is 0.313 e. The molecule has 0 heterocycles. The average Bonchev–Trinajstić information content (AvgIpc) is 2.41. The predicted octanol–water partition coefficient (Wildman–Crippen LogP) is 5.35. The Hall–Kier alpha value is -0.170. The monoisotopic (exact) mass is 467 g/mol. The van der Waals surface area contributed by atoms with Gasteiger partial charge >= 0.3 is 0 Å². The fraction of sp³-hybridized carbons (Fsp3) is 0.200. The number of hydrogen-bond donors (Lipinski definition) is 1. The van der Waals surface area contributed by atoms with Gasteiger partial charge in [-0.1, -0.05) is 39.7 Å². The van der Waals surface area contributed by atoms with Crippen LogP contribution in [0.2, 0.25) is 5.02 Å². The van der Waals surface area contributed by atoms with E-state index < -0.39 is 0 Å². The lowest BCUT2D eigenvalue weighted by Gasteiger charge is -2.18. The minimum absolute atomic E-state index is 0.0279. The Morgan fingerprint density at radius 1 is 1.30 bits per heavy atom. The second-order valence-corrected chi connectivity index (χ2v) is 6.94. The molecule has 106 valence electrons. The van der Waals surface area contributed by atoms with Gasteiger partial charge in [-0.15, -0.1) is 0 Å². The minimum atomic E-state index is -0.198. The van der Waals surface area contributed by atoms with E-state index in [4.69, 9.17) is 11.6 Å². The van der Waals surface area contributed by atoms with E-state index in [9.17, 15) is 4.39 Å². The van der Waals surface area contributed by atoms with Gasteiger partial charge in [0.15, 0.2) is 0 Å². The first kappa shape index (κ1) is 16.2. The highest BCUT2D eigenvalue weighted by molar-refractivity contribution is 14.1. The fourth-order valence-corrected chi connectivity index (χ4v) is 2.88. The Balaban J connectivity index is 2.26. The zero-order valence-electron chi connectivity index (χ0n) is 10.8. The zero-order valence-corrected chi connectivity index (χ0v) is 15.3. The highest BCUT2D eigenvalue weighted by Gasteiger charge is 2.14. The number of rotatable bonds is 4. The normalized spacial score (nSPS) is 12.4. The predicted molar refractivity (Wildman–Crippen MR) is 93.8 cm³/mol. The van der Waals surface area contributed by atoms with Crippen LogP contribution in [-0.2, 0) is 6.42 Å². The molecule has 0 aromatic heterocycles. The van der Waals surface area contributed by atoms with Crippen LogP contribution in [0.5, 0.6) is 0 Å². The molecule has 0 aliphatic heterocycles. The summed E-state index contributed by atoms with van der Waals surface area (Å²) in [5.41, 5.74) is 1.74. The molecule has 2 aromatic rings. The molecule has 0 spiro atoms. The second-order valence-electron chi connectivity index (χ2n) is 4.45. The SMILES string of the molecule is CNC(Cc1ccc(Br)cc1F)c1ccc(I)c(Cl)c1. The van der Waals surface area contributed by atoms with Gasteiger partial charge < -0.3 is 5.32 Å². The van der Waals surface area contributed by atoms with Crippen LogP contribution in [0.3, 0.4) is 0 Å². The maximum Gasteiger partial charge on any atom is 0.127 e. The van der Waals surface area contributed by atoms with Gasteiger partial charge in [0.2, 0.25) is 0 Å². The summed E-state index contributed by atoms with van der Waals surface area (Å²) in [5, 5.41) is 3.94. The molecule has 0 aliphatic rings. The first-order valence-corrected chi connectivity index (χ1v) is 8.32. The van der Waals surface area contributed by atoms with Gasteiger partial charge in [0.25, 0.3) is 0 Å². The molecule has 2 aromatic carbocycles. The van der Waals surface area contributed by atoms with Crippen LogP contribution in [0.4, 0.5) is 4.39 Å². The molecule has 2 rings (SSSR count). The first-order chi connectivity index (χ1) is 9.51. The van der Waals surface area contributed by atoms with Crippen molar-refractivity contribution >= 4 is 50.1 Å². The van der Waals surface area contributed by atoms with Crippen molar-refractivity contribution in [3.05, 3.63) is 66.4 Å². The van der Waals surface area contributed by atoms with E-state index in [2.05, 4.69) is 43.8 Å². The summed E-state index contributed by atoms with van der Waals surface area (Å²) in [5.74, 6) is -0.198. The Morgan fingerprint density at radius 2 is 2.05 bits per heavy atom. The van der Waals surface area contributed by atoms with Gasteiger partial charge in [-0.05, 0) is 71.5 Å². The molecule has 1 atom stereocenters. The van der Waals surface area contributed by atoms with Crippen molar-refractivity contribution in [2.75, 3.05) is 7.05 Å². The van der Waals surface area contributed by atoms with Crippen LogP contribution < -0.4 is 5.32 Å². The average molecular weight is 469 g/mol. The van der Waals surface area contributed by atoms with Gasteiger partial charge in [0, 0.05) is 14.1 Å². The van der Waals surface area contributed by atoms with E-state index in [1.165, 1.54) is 6.07 Å². The van der Waals surface area contributed by atoms with Crippen LogP contribution in [0, 0.1) is 9.39 Å². The smallest absolute Gasteiger partial charge is 0.127 e. The van der Waals surface area contributed by atoms with Crippen molar-refractivity contribution in [2.24, 2.45) is 0 Å². The summed E-state index contributed by atoms with van der Waals surface area (Å²) in [6.07, 6.45) is 0.576. The Kier molecular flexibility index (Phi) is 5.84. The molecule has 0 aliphatic carbocycles. The lowest BCUT2D eigenvalue weighted by molar-refractivity contribution is 0.554. The zero-order chi connectivity index (χ0) is 14.7. The molecule has 0 amide bonds. The third-order valence-corrected chi connectivity index (χ3v) is 5.20. The van der Waals surface area contributed by atoms with Crippen molar-refractivity contribution < 1.29 is 4.39 Å². The number of nitrogens with one attached hydrogen (secondary N) is 1. The van der Waals surface area contributed by atoms with Crippen LogP contribution in [0.25, 0.3) is 0 Å². The summed E-state index contributed by atoms with van der Waals surface area (Å²) < 4.78 is 15.7. The van der Waals surface area contributed by atoms with E-state index in [0.29, 0.717) is 12.0 Å². The summed E-state index contributed by atoms with van der Waals surface area (Å²) >= 11 is 11.6. The third kappa shape index (κ3) is 3.93. The van der Waals surface area contributed by atoms with Crippen molar-refractivity contribution in [1.29, 1.82) is 0 Å². The number of hydrogen-bond acceptors (Lipinski definition) is 1.